The summed E-state index contributed by atoms with van der Waals surface area (Å²) in [7, 11) is -3.85. The lowest BCUT2D eigenvalue weighted by Gasteiger charge is -2.13. The quantitative estimate of drug-likeness (QED) is 0.548. The summed E-state index contributed by atoms with van der Waals surface area (Å²) in [5.74, 6) is -0.268. The molecule has 4 aromatic rings. The SMILES string of the molecule is Cc1ccccc1-c1c(-c2ccc(S(N)(=O)=O)cc2)oc2ccc(F)cc2c1=O. The minimum Gasteiger partial charge on any atom is -0.455 e. The zero-order valence-corrected chi connectivity index (χ0v) is 16.2. The van der Waals surface area contributed by atoms with E-state index in [9.17, 15) is 17.6 Å². The number of primary sulfonamides is 1. The number of nitrogens with two attached hydrogens (primary N) is 1. The number of rotatable bonds is 3. The van der Waals surface area contributed by atoms with E-state index in [1.165, 1.54) is 36.4 Å². The van der Waals surface area contributed by atoms with Crippen LogP contribution in [0.5, 0.6) is 0 Å². The van der Waals surface area contributed by atoms with Crippen LogP contribution in [-0.4, -0.2) is 8.42 Å². The summed E-state index contributed by atoms with van der Waals surface area (Å²) in [6, 6.07) is 16.8. The molecule has 1 heterocycles. The molecule has 0 atom stereocenters. The molecule has 0 radical (unpaired) electrons. The van der Waals surface area contributed by atoms with E-state index in [0.717, 1.165) is 11.6 Å². The molecule has 0 fully saturated rings. The molecule has 0 saturated heterocycles. The first-order chi connectivity index (χ1) is 13.8. The molecule has 0 aliphatic rings. The molecule has 2 N–H and O–H groups in total. The Morgan fingerprint density at radius 2 is 1.66 bits per heavy atom. The first-order valence-electron chi connectivity index (χ1n) is 8.71. The Balaban J connectivity index is 2.07. The van der Waals surface area contributed by atoms with Gasteiger partial charge in [-0.15, -0.1) is 0 Å². The molecule has 0 spiro atoms. The number of benzene rings is 3. The van der Waals surface area contributed by atoms with Gasteiger partial charge in [0.2, 0.25) is 15.5 Å². The van der Waals surface area contributed by atoms with E-state index in [1.807, 2.05) is 19.1 Å². The van der Waals surface area contributed by atoms with Gasteiger partial charge >= 0.3 is 0 Å². The average molecular weight is 409 g/mol. The van der Waals surface area contributed by atoms with E-state index in [1.54, 1.807) is 12.1 Å². The number of fused-ring (bicyclic) bond motifs is 1. The van der Waals surface area contributed by atoms with Crippen LogP contribution in [-0.2, 0) is 10.0 Å². The third kappa shape index (κ3) is 3.46. The number of hydrogen-bond donors (Lipinski definition) is 1. The lowest BCUT2D eigenvalue weighted by atomic mass is 9.95. The normalized spacial score (nSPS) is 11.7. The van der Waals surface area contributed by atoms with Gasteiger partial charge in [-0.05, 0) is 60.5 Å². The summed E-state index contributed by atoms with van der Waals surface area (Å²) in [4.78, 5) is 13.3. The van der Waals surface area contributed by atoms with Crippen molar-refractivity contribution < 1.29 is 17.2 Å². The topological polar surface area (TPSA) is 90.4 Å². The van der Waals surface area contributed by atoms with Gasteiger partial charge in [0.25, 0.3) is 0 Å². The monoisotopic (exact) mass is 409 g/mol. The van der Waals surface area contributed by atoms with Crippen LogP contribution in [0.15, 0.2) is 80.8 Å². The first kappa shape index (κ1) is 19.0. The molecule has 0 aliphatic carbocycles. The van der Waals surface area contributed by atoms with Crippen molar-refractivity contribution in [3.8, 4) is 22.5 Å². The number of hydrogen-bond acceptors (Lipinski definition) is 4. The Labute approximate surface area is 166 Å². The second-order valence-corrected chi connectivity index (χ2v) is 8.22. The van der Waals surface area contributed by atoms with Crippen LogP contribution in [0.2, 0.25) is 0 Å². The second kappa shape index (κ2) is 6.95. The minimum atomic E-state index is -3.85. The molecule has 7 heteroatoms. The maximum atomic E-state index is 13.8. The van der Waals surface area contributed by atoms with Gasteiger partial charge in [0.1, 0.15) is 17.2 Å². The molecule has 4 rings (SSSR count). The summed E-state index contributed by atoms with van der Waals surface area (Å²) in [6.07, 6.45) is 0. The molecular weight excluding hydrogens is 393 g/mol. The Kier molecular flexibility index (Phi) is 4.56. The van der Waals surface area contributed by atoms with Crippen molar-refractivity contribution in [2.24, 2.45) is 5.14 Å². The Morgan fingerprint density at radius 3 is 2.31 bits per heavy atom. The fourth-order valence-corrected chi connectivity index (χ4v) is 3.78. The predicted molar refractivity (Wildman–Crippen MR) is 109 cm³/mol. The molecular formula is C22H16FNO4S. The molecule has 0 bridgehead atoms. The van der Waals surface area contributed by atoms with E-state index in [-0.39, 0.29) is 32.6 Å². The van der Waals surface area contributed by atoms with E-state index < -0.39 is 15.8 Å². The zero-order valence-electron chi connectivity index (χ0n) is 15.3. The highest BCUT2D eigenvalue weighted by Crippen LogP contribution is 2.34. The second-order valence-electron chi connectivity index (χ2n) is 6.66. The number of aryl methyl sites for hydroxylation is 1. The maximum Gasteiger partial charge on any atom is 0.238 e. The van der Waals surface area contributed by atoms with Crippen LogP contribution in [0.25, 0.3) is 33.4 Å². The van der Waals surface area contributed by atoms with Crippen LogP contribution in [0, 0.1) is 12.7 Å². The highest BCUT2D eigenvalue weighted by molar-refractivity contribution is 7.89. The van der Waals surface area contributed by atoms with Crippen LogP contribution in [0.1, 0.15) is 5.56 Å². The van der Waals surface area contributed by atoms with E-state index in [4.69, 9.17) is 9.56 Å². The zero-order chi connectivity index (χ0) is 20.8. The molecule has 1 aromatic heterocycles. The van der Waals surface area contributed by atoms with Crippen LogP contribution < -0.4 is 10.6 Å². The van der Waals surface area contributed by atoms with Crippen molar-refractivity contribution >= 4 is 21.0 Å². The van der Waals surface area contributed by atoms with Gasteiger partial charge in [-0.3, -0.25) is 4.79 Å². The predicted octanol–water partition coefficient (Wildman–Crippen LogP) is 4.22. The highest BCUT2D eigenvalue weighted by Gasteiger charge is 2.20. The van der Waals surface area contributed by atoms with Gasteiger partial charge in [-0.25, -0.2) is 17.9 Å². The molecule has 29 heavy (non-hydrogen) atoms. The lowest BCUT2D eigenvalue weighted by Crippen LogP contribution is -2.12. The lowest BCUT2D eigenvalue weighted by molar-refractivity contribution is 0.597. The van der Waals surface area contributed by atoms with Crippen molar-refractivity contribution in [3.63, 3.8) is 0 Å². The summed E-state index contributed by atoms with van der Waals surface area (Å²) >= 11 is 0. The summed E-state index contributed by atoms with van der Waals surface area (Å²) < 4.78 is 42.8. The highest BCUT2D eigenvalue weighted by atomic mass is 32.2. The summed E-state index contributed by atoms with van der Waals surface area (Å²) in [5, 5.41) is 5.29. The smallest absolute Gasteiger partial charge is 0.238 e. The van der Waals surface area contributed by atoms with Gasteiger partial charge < -0.3 is 4.42 Å². The molecule has 0 saturated carbocycles. The fraction of sp³-hybridized carbons (Fsp3) is 0.0455. The molecule has 146 valence electrons. The first-order valence-corrected chi connectivity index (χ1v) is 10.3. The minimum absolute atomic E-state index is 0.0519. The standard InChI is InChI=1S/C22H16FNO4S/c1-13-4-2-3-5-17(13)20-21(25)18-12-15(23)8-11-19(18)28-22(20)14-6-9-16(10-7-14)29(24,26)27/h2-12H,1H3,(H2,24,26,27). The summed E-state index contributed by atoms with van der Waals surface area (Å²) in [5.41, 5.74) is 2.14. The Hall–Kier alpha value is -3.29. The third-order valence-corrected chi connectivity index (χ3v) is 5.64. The molecule has 3 aromatic carbocycles. The van der Waals surface area contributed by atoms with Gasteiger partial charge in [0.05, 0.1) is 15.8 Å². The van der Waals surface area contributed by atoms with Crippen molar-refractivity contribution in [2.45, 2.75) is 11.8 Å². The van der Waals surface area contributed by atoms with Gasteiger partial charge in [-0.2, -0.15) is 0 Å². The van der Waals surface area contributed by atoms with Crippen LogP contribution >= 0.6 is 0 Å². The summed E-state index contributed by atoms with van der Waals surface area (Å²) in [6.45, 7) is 1.86. The van der Waals surface area contributed by atoms with Crippen molar-refractivity contribution in [1.29, 1.82) is 0 Å². The molecule has 0 unspecified atom stereocenters. The fourth-order valence-electron chi connectivity index (χ4n) is 3.26. The van der Waals surface area contributed by atoms with E-state index in [2.05, 4.69) is 0 Å². The largest absolute Gasteiger partial charge is 0.455 e. The van der Waals surface area contributed by atoms with Gasteiger partial charge in [0.15, 0.2) is 0 Å². The van der Waals surface area contributed by atoms with Crippen molar-refractivity contribution in [2.75, 3.05) is 0 Å². The molecule has 5 nitrogen and oxygen atoms in total. The average Bonchev–Trinajstić information content (AvgIpc) is 2.69. The Morgan fingerprint density at radius 1 is 0.966 bits per heavy atom. The third-order valence-electron chi connectivity index (χ3n) is 4.71. The Bertz CT molecular complexity index is 1410. The molecule has 0 amide bonds. The van der Waals surface area contributed by atoms with E-state index in [0.29, 0.717) is 11.1 Å². The van der Waals surface area contributed by atoms with Crippen LogP contribution in [0.3, 0.4) is 0 Å². The van der Waals surface area contributed by atoms with Crippen molar-refractivity contribution in [3.05, 3.63) is 88.3 Å². The molecule has 0 aliphatic heterocycles. The van der Waals surface area contributed by atoms with Crippen molar-refractivity contribution in [1.82, 2.24) is 0 Å². The van der Waals surface area contributed by atoms with E-state index >= 15 is 0 Å². The number of sulfonamides is 1. The van der Waals surface area contributed by atoms with Gasteiger partial charge in [0, 0.05) is 5.56 Å². The van der Waals surface area contributed by atoms with Gasteiger partial charge in [-0.1, -0.05) is 24.3 Å². The number of halogens is 1. The van der Waals surface area contributed by atoms with Crippen LogP contribution in [0.4, 0.5) is 4.39 Å². The maximum absolute atomic E-state index is 13.8.